The molecule has 0 bridgehead atoms. The topological polar surface area (TPSA) is 89.7 Å². The van der Waals surface area contributed by atoms with E-state index in [-0.39, 0.29) is 24.1 Å². The van der Waals surface area contributed by atoms with Gasteiger partial charge in [-0.05, 0) is 56.3 Å². The summed E-state index contributed by atoms with van der Waals surface area (Å²) >= 11 is 0. The maximum atomic E-state index is 13.0. The zero-order chi connectivity index (χ0) is 19.3. The molecule has 3 heterocycles. The lowest BCUT2D eigenvalue weighted by atomic mass is 10.1. The average Bonchev–Trinajstić information content (AvgIpc) is 3.39. The molecule has 1 aromatic carbocycles. The van der Waals surface area contributed by atoms with Crippen LogP contribution in [0.2, 0.25) is 0 Å². The Bertz CT molecular complexity index is 934. The summed E-state index contributed by atoms with van der Waals surface area (Å²) in [4.78, 5) is 12.3. The zero-order valence-electron chi connectivity index (χ0n) is 15.8. The molecule has 2 N–H and O–H groups in total. The summed E-state index contributed by atoms with van der Waals surface area (Å²) in [7, 11) is 0. The van der Waals surface area contributed by atoms with Crippen molar-refractivity contribution in [2.75, 3.05) is 19.6 Å². The van der Waals surface area contributed by atoms with E-state index in [4.69, 9.17) is 0 Å². The molecule has 154 valence electrons. The average molecular weight is 420 g/mol. The molecule has 1 saturated heterocycles. The van der Waals surface area contributed by atoms with Crippen LogP contribution in [0.15, 0.2) is 42.7 Å². The fraction of sp³-hybridized carbons (Fsp3) is 0.368. The lowest BCUT2D eigenvalue weighted by molar-refractivity contribution is 0.0949. The van der Waals surface area contributed by atoms with Crippen LogP contribution in [0.5, 0.6) is 0 Å². The highest BCUT2D eigenvalue weighted by Crippen LogP contribution is 2.17. The van der Waals surface area contributed by atoms with Crippen LogP contribution in [-0.4, -0.2) is 50.3 Å². The number of hydrogen-bond acceptors (Lipinski definition) is 5. The SMILES string of the molecule is Cl.O=C(NCCc1ccn(-c2ccc(F)cc2)n1)c1cn(C2CCNCC2)nn1. The van der Waals surface area contributed by atoms with Crippen LogP contribution in [-0.2, 0) is 6.42 Å². The molecule has 0 radical (unpaired) electrons. The predicted molar refractivity (Wildman–Crippen MR) is 108 cm³/mol. The summed E-state index contributed by atoms with van der Waals surface area (Å²) in [6.45, 7) is 2.35. The summed E-state index contributed by atoms with van der Waals surface area (Å²) in [5, 5.41) is 18.7. The van der Waals surface area contributed by atoms with Gasteiger partial charge in [0, 0.05) is 19.2 Å². The molecule has 1 fully saturated rings. The third kappa shape index (κ3) is 5.18. The van der Waals surface area contributed by atoms with Gasteiger partial charge in [0.15, 0.2) is 5.69 Å². The van der Waals surface area contributed by atoms with Crippen molar-refractivity contribution >= 4 is 18.3 Å². The van der Waals surface area contributed by atoms with Crippen molar-refractivity contribution < 1.29 is 9.18 Å². The molecule has 0 atom stereocenters. The minimum atomic E-state index is -0.282. The molecule has 1 aliphatic heterocycles. The number of rotatable bonds is 6. The van der Waals surface area contributed by atoms with E-state index in [0.29, 0.717) is 24.7 Å². The summed E-state index contributed by atoms with van der Waals surface area (Å²) in [6.07, 6.45) is 6.09. The third-order valence-corrected chi connectivity index (χ3v) is 4.83. The summed E-state index contributed by atoms with van der Waals surface area (Å²) in [5.74, 6) is -0.519. The summed E-state index contributed by atoms with van der Waals surface area (Å²) < 4.78 is 16.5. The Balaban J connectivity index is 0.00000240. The van der Waals surface area contributed by atoms with Crippen molar-refractivity contribution in [2.24, 2.45) is 0 Å². The minimum absolute atomic E-state index is 0. The van der Waals surface area contributed by atoms with E-state index in [9.17, 15) is 9.18 Å². The second-order valence-corrected chi connectivity index (χ2v) is 6.80. The van der Waals surface area contributed by atoms with Crippen LogP contribution in [0, 0.1) is 5.82 Å². The molecule has 4 rings (SSSR count). The van der Waals surface area contributed by atoms with Gasteiger partial charge in [-0.2, -0.15) is 5.10 Å². The molecular weight excluding hydrogens is 397 g/mol. The highest BCUT2D eigenvalue weighted by atomic mass is 35.5. The monoisotopic (exact) mass is 419 g/mol. The number of piperidine rings is 1. The zero-order valence-corrected chi connectivity index (χ0v) is 16.6. The highest BCUT2D eigenvalue weighted by molar-refractivity contribution is 5.91. The summed E-state index contributed by atoms with van der Waals surface area (Å²) in [5.41, 5.74) is 1.95. The first-order chi connectivity index (χ1) is 13.7. The molecule has 8 nitrogen and oxygen atoms in total. The second kappa shape index (κ2) is 9.62. The fourth-order valence-corrected chi connectivity index (χ4v) is 3.26. The van der Waals surface area contributed by atoms with Crippen molar-refractivity contribution in [3.05, 3.63) is 59.9 Å². The smallest absolute Gasteiger partial charge is 0.273 e. The normalized spacial score (nSPS) is 14.4. The van der Waals surface area contributed by atoms with Gasteiger partial charge < -0.3 is 10.6 Å². The number of amides is 1. The van der Waals surface area contributed by atoms with E-state index >= 15 is 0 Å². The van der Waals surface area contributed by atoms with Gasteiger partial charge in [0.05, 0.1) is 23.6 Å². The van der Waals surface area contributed by atoms with Gasteiger partial charge >= 0.3 is 0 Å². The number of carbonyl (C=O) groups excluding carboxylic acids is 1. The van der Waals surface area contributed by atoms with E-state index in [1.54, 1.807) is 27.7 Å². The number of aromatic nitrogens is 5. The van der Waals surface area contributed by atoms with Gasteiger partial charge in [0.25, 0.3) is 5.91 Å². The number of benzene rings is 1. The molecule has 3 aromatic rings. The molecule has 0 saturated carbocycles. The van der Waals surface area contributed by atoms with Crippen LogP contribution < -0.4 is 10.6 Å². The van der Waals surface area contributed by atoms with Gasteiger partial charge in [-0.15, -0.1) is 17.5 Å². The van der Waals surface area contributed by atoms with E-state index in [2.05, 4.69) is 26.0 Å². The number of carbonyl (C=O) groups is 1. The number of halogens is 2. The predicted octanol–water partition coefficient (Wildman–Crippen LogP) is 1.92. The Labute approximate surface area is 173 Å². The molecule has 1 amide bonds. The van der Waals surface area contributed by atoms with Gasteiger partial charge in [-0.1, -0.05) is 5.21 Å². The first-order valence-corrected chi connectivity index (χ1v) is 9.40. The quantitative estimate of drug-likeness (QED) is 0.637. The van der Waals surface area contributed by atoms with E-state index < -0.39 is 0 Å². The molecule has 0 aliphatic carbocycles. The highest BCUT2D eigenvalue weighted by Gasteiger charge is 2.18. The maximum absolute atomic E-state index is 13.0. The Morgan fingerprint density at radius 1 is 1.21 bits per heavy atom. The lowest BCUT2D eigenvalue weighted by Crippen LogP contribution is -2.29. The Morgan fingerprint density at radius 3 is 2.72 bits per heavy atom. The molecule has 0 unspecified atom stereocenters. The van der Waals surface area contributed by atoms with Crippen molar-refractivity contribution in [2.45, 2.75) is 25.3 Å². The van der Waals surface area contributed by atoms with Crippen LogP contribution in [0.3, 0.4) is 0 Å². The Morgan fingerprint density at radius 2 is 1.97 bits per heavy atom. The van der Waals surface area contributed by atoms with Gasteiger partial charge in [-0.3, -0.25) is 4.79 Å². The second-order valence-electron chi connectivity index (χ2n) is 6.80. The van der Waals surface area contributed by atoms with E-state index in [1.807, 2.05) is 12.3 Å². The summed E-state index contributed by atoms with van der Waals surface area (Å²) in [6, 6.07) is 8.30. The van der Waals surface area contributed by atoms with Crippen LogP contribution in [0.25, 0.3) is 5.69 Å². The molecular formula is C19H23ClFN7O. The maximum Gasteiger partial charge on any atom is 0.273 e. The van der Waals surface area contributed by atoms with Gasteiger partial charge in [0.2, 0.25) is 0 Å². The lowest BCUT2D eigenvalue weighted by Gasteiger charge is -2.22. The first kappa shape index (κ1) is 20.9. The van der Waals surface area contributed by atoms with Crippen molar-refractivity contribution in [1.29, 1.82) is 0 Å². The molecule has 10 heteroatoms. The Kier molecular flexibility index (Phi) is 6.95. The van der Waals surface area contributed by atoms with Crippen LogP contribution in [0.4, 0.5) is 4.39 Å². The first-order valence-electron chi connectivity index (χ1n) is 9.40. The molecule has 1 aliphatic rings. The molecule has 0 spiro atoms. The van der Waals surface area contributed by atoms with E-state index in [0.717, 1.165) is 37.3 Å². The van der Waals surface area contributed by atoms with Crippen molar-refractivity contribution in [3.8, 4) is 5.69 Å². The number of hydrogen-bond donors (Lipinski definition) is 2. The van der Waals surface area contributed by atoms with E-state index in [1.165, 1.54) is 12.1 Å². The fourth-order valence-electron chi connectivity index (χ4n) is 3.26. The number of nitrogens with one attached hydrogen (secondary N) is 2. The number of nitrogens with zero attached hydrogens (tertiary/aromatic N) is 5. The largest absolute Gasteiger partial charge is 0.350 e. The Hall–Kier alpha value is -2.78. The minimum Gasteiger partial charge on any atom is -0.350 e. The van der Waals surface area contributed by atoms with Crippen molar-refractivity contribution in [3.63, 3.8) is 0 Å². The van der Waals surface area contributed by atoms with Crippen molar-refractivity contribution in [1.82, 2.24) is 35.4 Å². The third-order valence-electron chi connectivity index (χ3n) is 4.83. The van der Waals surface area contributed by atoms with Gasteiger partial charge in [0.1, 0.15) is 5.82 Å². The van der Waals surface area contributed by atoms with Gasteiger partial charge in [-0.25, -0.2) is 13.8 Å². The molecule has 29 heavy (non-hydrogen) atoms. The van der Waals surface area contributed by atoms with Crippen LogP contribution in [0.1, 0.15) is 35.1 Å². The van der Waals surface area contributed by atoms with Crippen LogP contribution >= 0.6 is 12.4 Å². The molecule has 2 aromatic heterocycles. The standard InChI is InChI=1S/C19H22FN7O.ClH/c20-14-1-3-16(4-2-14)26-12-8-15(24-26)5-11-22-19(28)18-13-27(25-23-18)17-6-9-21-10-7-17;/h1-4,8,12-13,17,21H,5-7,9-11H2,(H,22,28);1H.